The Morgan fingerprint density at radius 3 is 2.41 bits per heavy atom. The second kappa shape index (κ2) is 7.92. The summed E-state index contributed by atoms with van der Waals surface area (Å²) in [4.78, 5) is 0. The van der Waals surface area contributed by atoms with Crippen molar-refractivity contribution < 1.29 is 9.47 Å². The van der Waals surface area contributed by atoms with E-state index in [-0.39, 0.29) is 5.92 Å². The molecular formula is C20H19O2. The van der Waals surface area contributed by atoms with Crippen molar-refractivity contribution in [3.8, 4) is 5.75 Å². The van der Waals surface area contributed by atoms with Gasteiger partial charge in [0.25, 0.3) is 0 Å². The van der Waals surface area contributed by atoms with Gasteiger partial charge in [-0.15, -0.1) is 6.58 Å². The molecule has 1 unspecified atom stereocenters. The predicted molar refractivity (Wildman–Crippen MR) is 89.5 cm³/mol. The van der Waals surface area contributed by atoms with E-state index < -0.39 is 0 Å². The second-order valence-corrected chi connectivity index (χ2v) is 4.77. The van der Waals surface area contributed by atoms with E-state index in [9.17, 15) is 0 Å². The first-order valence-electron chi connectivity index (χ1n) is 7.06. The molecule has 0 aliphatic heterocycles. The Hall–Kier alpha value is -2.70. The third-order valence-corrected chi connectivity index (χ3v) is 3.40. The van der Waals surface area contributed by atoms with Gasteiger partial charge in [-0.1, -0.05) is 42.1 Å². The van der Waals surface area contributed by atoms with Gasteiger partial charge in [-0.25, -0.2) is 0 Å². The van der Waals surface area contributed by atoms with Crippen LogP contribution in [0.5, 0.6) is 5.75 Å². The second-order valence-electron chi connectivity index (χ2n) is 4.77. The normalized spacial score (nSPS) is 11.1. The number of hydrogen-bond donors (Lipinski definition) is 0. The van der Waals surface area contributed by atoms with Gasteiger partial charge >= 0.3 is 0 Å². The lowest BCUT2D eigenvalue weighted by Gasteiger charge is -2.15. The van der Waals surface area contributed by atoms with Gasteiger partial charge in [-0.2, -0.15) is 0 Å². The van der Waals surface area contributed by atoms with E-state index in [1.54, 1.807) is 7.11 Å². The van der Waals surface area contributed by atoms with Gasteiger partial charge in [0.05, 0.1) is 13.7 Å². The standard InChI is InChI=1S/C20H19O2/c1-4-16(17-9-7-6-8-10-17)15-22-20(5-2)18-11-13-19(21-3)14-12-18/h2,4,6-14,16H,1,15H2,3H3. The van der Waals surface area contributed by atoms with E-state index in [1.807, 2.05) is 48.5 Å². The zero-order valence-corrected chi connectivity index (χ0v) is 12.7. The highest BCUT2D eigenvalue weighted by atomic mass is 16.5. The molecule has 0 N–H and O–H groups in total. The summed E-state index contributed by atoms with van der Waals surface area (Å²) < 4.78 is 11.0. The average Bonchev–Trinajstić information content (AvgIpc) is 2.60. The van der Waals surface area contributed by atoms with Crippen molar-refractivity contribution in [3.63, 3.8) is 0 Å². The highest BCUT2D eigenvalue weighted by molar-refractivity contribution is 5.59. The maximum Gasteiger partial charge on any atom is 0.169 e. The van der Waals surface area contributed by atoms with Crippen LogP contribution in [0.3, 0.4) is 0 Å². The minimum absolute atomic E-state index is 0.0998. The Balaban J connectivity index is 2.07. The minimum Gasteiger partial charge on any atom is -0.497 e. The third kappa shape index (κ3) is 3.91. The van der Waals surface area contributed by atoms with E-state index in [4.69, 9.17) is 16.1 Å². The van der Waals surface area contributed by atoms with Crippen LogP contribution in [0.15, 0.2) is 73.0 Å². The number of benzene rings is 2. The first-order valence-corrected chi connectivity index (χ1v) is 7.06. The van der Waals surface area contributed by atoms with Crippen molar-refractivity contribution in [3.05, 3.63) is 90.7 Å². The van der Waals surface area contributed by atoms with Crippen molar-refractivity contribution >= 4 is 5.76 Å². The van der Waals surface area contributed by atoms with Gasteiger partial charge < -0.3 is 9.47 Å². The van der Waals surface area contributed by atoms with Crippen LogP contribution in [0.25, 0.3) is 5.76 Å². The Bertz CT molecular complexity index is 650. The zero-order chi connectivity index (χ0) is 15.8. The zero-order valence-electron chi connectivity index (χ0n) is 12.7. The molecule has 1 radical (unpaired) electrons. The molecule has 2 aromatic carbocycles. The van der Waals surface area contributed by atoms with E-state index in [2.05, 4.69) is 24.4 Å². The van der Waals surface area contributed by atoms with Crippen LogP contribution in [-0.4, -0.2) is 13.7 Å². The first-order chi connectivity index (χ1) is 10.8. The van der Waals surface area contributed by atoms with Gasteiger partial charge in [0.15, 0.2) is 5.76 Å². The van der Waals surface area contributed by atoms with Crippen LogP contribution in [0.2, 0.25) is 0 Å². The number of rotatable bonds is 7. The smallest absolute Gasteiger partial charge is 0.169 e. The molecule has 1 atom stereocenters. The summed E-state index contributed by atoms with van der Waals surface area (Å²) in [6.07, 6.45) is 1.87. The summed E-state index contributed by atoms with van der Waals surface area (Å²) in [5.41, 5.74) is 4.62. The molecule has 2 aromatic rings. The summed E-state index contributed by atoms with van der Waals surface area (Å²) in [5, 5.41) is 0. The molecule has 0 aliphatic carbocycles. The van der Waals surface area contributed by atoms with E-state index in [0.29, 0.717) is 12.4 Å². The monoisotopic (exact) mass is 291 g/mol. The van der Waals surface area contributed by atoms with Crippen LogP contribution >= 0.6 is 0 Å². The molecule has 2 rings (SSSR count). The fourth-order valence-electron chi connectivity index (χ4n) is 2.12. The molecule has 0 amide bonds. The molecule has 0 aromatic heterocycles. The summed E-state index contributed by atoms with van der Waals surface area (Å²) in [6.45, 7) is 9.91. The SMILES string of the molecule is [CH]=C=C(OCC(C=C)c1ccccc1)c1ccc(OC)cc1. The molecular weight excluding hydrogens is 272 g/mol. The van der Waals surface area contributed by atoms with Crippen LogP contribution in [0, 0.1) is 6.58 Å². The number of ether oxygens (including phenoxy) is 2. The lowest BCUT2D eigenvalue weighted by molar-refractivity contribution is 0.267. The Morgan fingerprint density at radius 1 is 1.18 bits per heavy atom. The molecule has 0 aliphatic rings. The molecule has 0 spiro atoms. The van der Waals surface area contributed by atoms with Gasteiger partial charge in [-0.05, 0) is 36.4 Å². The highest BCUT2D eigenvalue weighted by Crippen LogP contribution is 2.23. The van der Waals surface area contributed by atoms with E-state index >= 15 is 0 Å². The minimum atomic E-state index is 0.0998. The lowest BCUT2D eigenvalue weighted by atomic mass is 10.0. The van der Waals surface area contributed by atoms with Crippen LogP contribution in [-0.2, 0) is 4.74 Å². The fourth-order valence-corrected chi connectivity index (χ4v) is 2.12. The third-order valence-electron chi connectivity index (χ3n) is 3.40. The molecule has 2 nitrogen and oxygen atoms in total. The van der Waals surface area contributed by atoms with Crippen molar-refractivity contribution in [1.82, 2.24) is 0 Å². The summed E-state index contributed by atoms with van der Waals surface area (Å²) in [6, 6.07) is 17.6. The topological polar surface area (TPSA) is 18.5 Å². The molecule has 111 valence electrons. The average molecular weight is 291 g/mol. The molecule has 0 saturated carbocycles. The summed E-state index contributed by atoms with van der Waals surface area (Å²) >= 11 is 0. The van der Waals surface area contributed by atoms with Gasteiger partial charge in [0.1, 0.15) is 5.75 Å². The molecule has 0 saturated heterocycles. The maximum atomic E-state index is 5.83. The molecule has 22 heavy (non-hydrogen) atoms. The maximum absolute atomic E-state index is 5.83. The molecule has 2 heteroatoms. The van der Waals surface area contributed by atoms with Crippen molar-refractivity contribution in [2.75, 3.05) is 13.7 Å². The van der Waals surface area contributed by atoms with Crippen LogP contribution in [0.4, 0.5) is 0 Å². The molecule has 0 heterocycles. The lowest BCUT2D eigenvalue weighted by Crippen LogP contribution is -2.05. The van der Waals surface area contributed by atoms with Crippen molar-refractivity contribution in [2.45, 2.75) is 5.92 Å². The number of hydrogen-bond acceptors (Lipinski definition) is 2. The Labute approximate surface area is 132 Å². The van der Waals surface area contributed by atoms with Gasteiger partial charge in [0.2, 0.25) is 0 Å². The van der Waals surface area contributed by atoms with Crippen molar-refractivity contribution in [2.24, 2.45) is 0 Å². The summed E-state index contributed by atoms with van der Waals surface area (Å²) in [7, 11) is 1.63. The largest absolute Gasteiger partial charge is 0.497 e. The first kappa shape index (κ1) is 15.7. The molecule has 0 bridgehead atoms. The van der Waals surface area contributed by atoms with Crippen LogP contribution < -0.4 is 4.74 Å². The quantitative estimate of drug-likeness (QED) is 0.421. The van der Waals surface area contributed by atoms with E-state index in [1.165, 1.54) is 0 Å². The predicted octanol–water partition coefficient (Wildman–Crippen LogP) is 4.61. The van der Waals surface area contributed by atoms with Crippen LogP contribution in [0.1, 0.15) is 17.0 Å². The Kier molecular flexibility index (Phi) is 5.65. The fraction of sp³-hybridized carbons (Fsp3) is 0.150. The molecule has 0 fully saturated rings. The van der Waals surface area contributed by atoms with Crippen molar-refractivity contribution in [1.29, 1.82) is 0 Å². The highest BCUT2D eigenvalue weighted by Gasteiger charge is 2.10. The number of methoxy groups -OCH3 is 1. The van der Waals surface area contributed by atoms with E-state index in [0.717, 1.165) is 16.9 Å². The van der Waals surface area contributed by atoms with Gasteiger partial charge in [-0.3, -0.25) is 0 Å². The van der Waals surface area contributed by atoms with Gasteiger partial charge in [0, 0.05) is 11.5 Å². The Morgan fingerprint density at radius 2 is 1.86 bits per heavy atom. The summed E-state index contributed by atoms with van der Waals surface area (Å²) in [5.74, 6) is 1.40.